The minimum atomic E-state index is 0.0157. The number of benzene rings is 1. The molecule has 0 aliphatic carbocycles. The van der Waals surface area contributed by atoms with Crippen molar-refractivity contribution in [2.45, 2.75) is 26.8 Å². The topological polar surface area (TPSA) is 43.3 Å². The van der Waals surface area contributed by atoms with Crippen molar-refractivity contribution in [3.8, 4) is 5.75 Å². The van der Waals surface area contributed by atoms with Crippen LogP contribution < -0.4 is 10.1 Å². The molecule has 0 saturated carbocycles. The molecule has 0 bridgehead atoms. The van der Waals surface area contributed by atoms with Gasteiger partial charge in [0.25, 0.3) is 5.91 Å². The summed E-state index contributed by atoms with van der Waals surface area (Å²) in [6.07, 6.45) is 0.985. The van der Waals surface area contributed by atoms with E-state index in [-0.39, 0.29) is 5.91 Å². The number of methoxy groups -OCH3 is 1. The molecule has 2 heterocycles. The van der Waals surface area contributed by atoms with Crippen molar-refractivity contribution in [1.82, 2.24) is 9.88 Å². The highest BCUT2D eigenvalue weighted by atomic mass is 16.5. The number of carbonyl (C=O) groups is 1. The van der Waals surface area contributed by atoms with E-state index in [2.05, 4.69) is 29.8 Å². The Labute approximate surface area is 118 Å². The average Bonchev–Trinajstić information content (AvgIpc) is 2.78. The zero-order valence-corrected chi connectivity index (χ0v) is 12.2. The molecule has 1 aromatic carbocycles. The number of rotatable bonds is 3. The van der Waals surface area contributed by atoms with Gasteiger partial charge in [-0.25, -0.2) is 0 Å². The minimum absolute atomic E-state index is 0.0157. The Morgan fingerprint density at radius 1 is 1.35 bits per heavy atom. The molecule has 0 fully saturated rings. The van der Waals surface area contributed by atoms with Crippen molar-refractivity contribution in [2.24, 2.45) is 5.92 Å². The fraction of sp³-hybridized carbons (Fsp3) is 0.438. The van der Waals surface area contributed by atoms with Crippen molar-refractivity contribution >= 4 is 16.8 Å². The summed E-state index contributed by atoms with van der Waals surface area (Å²) in [5.41, 5.74) is 3.20. The first-order valence-electron chi connectivity index (χ1n) is 7.08. The molecular weight excluding hydrogens is 252 g/mol. The smallest absolute Gasteiger partial charge is 0.268 e. The van der Waals surface area contributed by atoms with Gasteiger partial charge in [0.05, 0.1) is 12.6 Å². The summed E-state index contributed by atoms with van der Waals surface area (Å²) in [5.74, 6) is 1.44. The normalized spacial score (nSPS) is 14.5. The fourth-order valence-electron chi connectivity index (χ4n) is 2.98. The zero-order valence-electron chi connectivity index (χ0n) is 12.2. The van der Waals surface area contributed by atoms with E-state index >= 15 is 0 Å². The number of amides is 1. The lowest BCUT2D eigenvalue weighted by Crippen LogP contribution is -2.35. The summed E-state index contributed by atoms with van der Waals surface area (Å²) >= 11 is 0. The molecule has 1 aliphatic rings. The van der Waals surface area contributed by atoms with Crippen molar-refractivity contribution in [3.63, 3.8) is 0 Å². The van der Waals surface area contributed by atoms with Crippen molar-refractivity contribution in [2.75, 3.05) is 13.7 Å². The Bertz CT molecular complexity index is 671. The predicted octanol–water partition coefficient (Wildman–Crippen LogP) is 2.59. The molecule has 4 nitrogen and oxygen atoms in total. The molecule has 1 aromatic heterocycles. The SMILES string of the molecule is COc1cc(CC(C)C)c2c(c1)cc1n2CCNC1=O. The van der Waals surface area contributed by atoms with Crippen LogP contribution in [0.1, 0.15) is 29.9 Å². The first kappa shape index (κ1) is 13.0. The van der Waals surface area contributed by atoms with Gasteiger partial charge in [0.1, 0.15) is 11.4 Å². The zero-order chi connectivity index (χ0) is 14.3. The van der Waals surface area contributed by atoms with Crippen LogP contribution in [-0.4, -0.2) is 24.1 Å². The largest absolute Gasteiger partial charge is 0.497 e. The molecule has 0 spiro atoms. The predicted molar refractivity (Wildman–Crippen MR) is 79.4 cm³/mol. The van der Waals surface area contributed by atoms with Gasteiger partial charge in [-0.05, 0) is 36.1 Å². The molecule has 20 heavy (non-hydrogen) atoms. The van der Waals surface area contributed by atoms with E-state index < -0.39 is 0 Å². The molecule has 1 aliphatic heterocycles. The van der Waals surface area contributed by atoms with Crippen LogP contribution in [0.3, 0.4) is 0 Å². The van der Waals surface area contributed by atoms with Crippen molar-refractivity contribution in [1.29, 1.82) is 0 Å². The molecule has 3 rings (SSSR count). The average molecular weight is 272 g/mol. The van der Waals surface area contributed by atoms with Crippen LogP contribution in [0.5, 0.6) is 5.75 Å². The quantitative estimate of drug-likeness (QED) is 0.933. The van der Waals surface area contributed by atoms with E-state index in [0.717, 1.165) is 29.8 Å². The Kier molecular flexibility index (Phi) is 3.16. The van der Waals surface area contributed by atoms with Gasteiger partial charge in [0.15, 0.2) is 0 Å². The van der Waals surface area contributed by atoms with Crippen LogP contribution in [0, 0.1) is 5.92 Å². The molecule has 1 N–H and O–H groups in total. The summed E-state index contributed by atoms with van der Waals surface area (Å²) in [7, 11) is 1.68. The minimum Gasteiger partial charge on any atom is -0.497 e. The first-order valence-corrected chi connectivity index (χ1v) is 7.08. The third kappa shape index (κ3) is 2.05. The summed E-state index contributed by atoms with van der Waals surface area (Å²) in [6.45, 7) is 5.95. The second-order valence-electron chi connectivity index (χ2n) is 5.76. The van der Waals surface area contributed by atoms with Crippen LogP contribution >= 0.6 is 0 Å². The van der Waals surface area contributed by atoms with E-state index in [0.29, 0.717) is 12.5 Å². The number of nitrogens with zero attached hydrogens (tertiary/aromatic N) is 1. The van der Waals surface area contributed by atoms with Crippen LogP contribution in [0.4, 0.5) is 0 Å². The standard InChI is InChI=1S/C16H20N2O2/c1-10(2)6-11-7-13(20-3)8-12-9-14-16(19)17-4-5-18(14)15(11)12/h7-10H,4-6H2,1-3H3,(H,17,19). The number of hydrogen-bond donors (Lipinski definition) is 1. The van der Waals surface area contributed by atoms with E-state index in [9.17, 15) is 4.79 Å². The van der Waals surface area contributed by atoms with Gasteiger partial charge in [-0.3, -0.25) is 4.79 Å². The van der Waals surface area contributed by atoms with Crippen molar-refractivity contribution in [3.05, 3.63) is 29.5 Å². The first-order chi connectivity index (χ1) is 9.60. The Hall–Kier alpha value is -1.97. The highest BCUT2D eigenvalue weighted by molar-refractivity contribution is 6.00. The van der Waals surface area contributed by atoms with E-state index in [1.54, 1.807) is 7.11 Å². The lowest BCUT2D eigenvalue weighted by Gasteiger charge is -2.18. The number of hydrogen-bond acceptors (Lipinski definition) is 2. The summed E-state index contributed by atoms with van der Waals surface area (Å²) in [4.78, 5) is 12.0. The molecular formula is C16H20N2O2. The van der Waals surface area contributed by atoms with Gasteiger partial charge >= 0.3 is 0 Å². The number of ether oxygens (including phenoxy) is 1. The van der Waals surface area contributed by atoms with Gasteiger partial charge in [0.2, 0.25) is 0 Å². The van der Waals surface area contributed by atoms with E-state index in [1.165, 1.54) is 11.1 Å². The van der Waals surface area contributed by atoms with Crippen LogP contribution in [0.2, 0.25) is 0 Å². The van der Waals surface area contributed by atoms with E-state index in [4.69, 9.17) is 4.74 Å². The van der Waals surface area contributed by atoms with Gasteiger partial charge in [0, 0.05) is 18.5 Å². The molecule has 0 saturated heterocycles. The van der Waals surface area contributed by atoms with Gasteiger partial charge < -0.3 is 14.6 Å². The molecule has 0 radical (unpaired) electrons. The second kappa shape index (κ2) is 4.85. The molecule has 2 aromatic rings. The van der Waals surface area contributed by atoms with Crippen molar-refractivity contribution < 1.29 is 9.53 Å². The molecule has 106 valence electrons. The second-order valence-corrected chi connectivity index (χ2v) is 5.76. The highest BCUT2D eigenvalue weighted by Gasteiger charge is 2.21. The maximum Gasteiger partial charge on any atom is 0.268 e. The third-order valence-corrected chi connectivity index (χ3v) is 3.76. The lowest BCUT2D eigenvalue weighted by atomic mass is 10.0. The Balaban J connectivity index is 2.26. The van der Waals surface area contributed by atoms with Gasteiger partial charge in [-0.15, -0.1) is 0 Å². The fourth-order valence-corrected chi connectivity index (χ4v) is 2.98. The van der Waals surface area contributed by atoms with Gasteiger partial charge in [-0.2, -0.15) is 0 Å². The summed E-state index contributed by atoms with van der Waals surface area (Å²) in [5, 5.41) is 3.99. The summed E-state index contributed by atoms with van der Waals surface area (Å²) in [6, 6.07) is 6.08. The van der Waals surface area contributed by atoms with Crippen LogP contribution in [-0.2, 0) is 13.0 Å². The lowest BCUT2D eigenvalue weighted by molar-refractivity contribution is 0.0929. The van der Waals surface area contributed by atoms with Crippen LogP contribution in [0.25, 0.3) is 10.9 Å². The number of aromatic nitrogens is 1. The Morgan fingerprint density at radius 3 is 2.85 bits per heavy atom. The highest BCUT2D eigenvalue weighted by Crippen LogP contribution is 2.31. The monoisotopic (exact) mass is 272 g/mol. The van der Waals surface area contributed by atoms with E-state index in [1.807, 2.05) is 12.1 Å². The maximum atomic E-state index is 12.0. The number of fused-ring (bicyclic) bond motifs is 3. The third-order valence-electron chi connectivity index (χ3n) is 3.76. The number of nitrogens with one attached hydrogen (secondary N) is 1. The maximum absolute atomic E-state index is 12.0. The molecule has 0 atom stereocenters. The summed E-state index contributed by atoms with van der Waals surface area (Å²) < 4.78 is 7.54. The molecule has 4 heteroatoms. The Morgan fingerprint density at radius 2 is 2.15 bits per heavy atom. The van der Waals surface area contributed by atoms with Crippen LogP contribution in [0.15, 0.2) is 18.2 Å². The van der Waals surface area contributed by atoms with Gasteiger partial charge in [-0.1, -0.05) is 13.8 Å². The molecule has 0 unspecified atom stereocenters. The number of carbonyl (C=O) groups excluding carboxylic acids is 1. The molecule has 1 amide bonds.